The van der Waals surface area contributed by atoms with Crippen molar-refractivity contribution in [3.8, 4) is 0 Å². The average molecular weight is 285 g/mol. The van der Waals surface area contributed by atoms with Gasteiger partial charge in [-0.2, -0.15) is 5.06 Å². The number of nitrogens with two attached hydrogens (primary N) is 1. The Morgan fingerprint density at radius 1 is 1.56 bits per heavy atom. The molecule has 0 fully saturated rings. The maximum atomic E-state index is 11.0. The number of benzene rings is 1. The molecule has 0 radical (unpaired) electrons. The molecule has 3 N–H and O–H groups in total. The van der Waals surface area contributed by atoms with Gasteiger partial charge in [0, 0.05) is 14.6 Å². The first kappa shape index (κ1) is 13.1. The van der Waals surface area contributed by atoms with E-state index in [4.69, 9.17) is 17.3 Å². The first-order chi connectivity index (χ1) is 8.41. The zero-order valence-electron chi connectivity index (χ0n) is 9.98. The summed E-state index contributed by atoms with van der Waals surface area (Å²) in [4.78, 5) is 11.9. The van der Waals surface area contributed by atoms with Gasteiger partial charge in [-0.1, -0.05) is 11.6 Å². The van der Waals surface area contributed by atoms with Crippen LogP contribution in [0.1, 0.15) is 23.4 Å². The normalized spacial score (nSPS) is 12.7. The van der Waals surface area contributed by atoms with Crippen LogP contribution in [-0.4, -0.2) is 16.3 Å². The number of fused-ring (bicyclic) bond motifs is 1. The average Bonchev–Trinajstić information content (AvgIpc) is 2.65. The van der Waals surface area contributed by atoms with E-state index >= 15 is 0 Å². The summed E-state index contributed by atoms with van der Waals surface area (Å²) in [5.41, 5.74) is 6.07. The lowest BCUT2D eigenvalue weighted by molar-refractivity contribution is -0.0701. The number of thiophene rings is 1. The Labute approximate surface area is 114 Å². The predicted molar refractivity (Wildman–Crippen MR) is 73.2 cm³/mol. The molecule has 0 aliphatic heterocycles. The van der Waals surface area contributed by atoms with Crippen LogP contribution in [-0.2, 0) is 0 Å². The van der Waals surface area contributed by atoms with E-state index in [2.05, 4.69) is 0 Å². The third kappa shape index (κ3) is 2.16. The summed E-state index contributed by atoms with van der Waals surface area (Å²) in [5, 5.41) is 11.8. The largest absolute Gasteiger partial charge is 0.350 e. The Bertz CT molecular complexity index is 611. The Morgan fingerprint density at radius 2 is 2.22 bits per heavy atom. The number of amides is 2. The van der Waals surface area contributed by atoms with Crippen LogP contribution in [0.3, 0.4) is 0 Å². The minimum Gasteiger partial charge on any atom is -0.350 e. The molecule has 18 heavy (non-hydrogen) atoms. The smallest absolute Gasteiger partial charge is 0.339 e. The molecule has 0 saturated carbocycles. The summed E-state index contributed by atoms with van der Waals surface area (Å²) in [7, 11) is 0. The number of aryl methyl sites for hydroxylation is 1. The van der Waals surface area contributed by atoms with Gasteiger partial charge in [0.05, 0.1) is 6.04 Å². The lowest BCUT2D eigenvalue weighted by Gasteiger charge is -2.20. The molecule has 0 aliphatic rings. The molecule has 96 valence electrons. The van der Waals surface area contributed by atoms with Crippen LogP contribution in [0.25, 0.3) is 10.1 Å². The molecule has 0 saturated heterocycles. The highest BCUT2D eigenvalue weighted by atomic mass is 35.5. The fourth-order valence-corrected chi connectivity index (χ4v) is 3.31. The van der Waals surface area contributed by atoms with Gasteiger partial charge in [0.2, 0.25) is 0 Å². The number of hydrogen-bond acceptors (Lipinski definition) is 3. The van der Waals surface area contributed by atoms with Gasteiger partial charge in [0.15, 0.2) is 0 Å². The Morgan fingerprint density at radius 3 is 2.83 bits per heavy atom. The highest BCUT2D eigenvalue weighted by molar-refractivity contribution is 7.19. The molecule has 2 amide bonds. The number of primary amides is 1. The fraction of sp³-hybridized carbons (Fsp3) is 0.250. The number of halogens is 1. The molecular weight excluding hydrogens is 272 g/mol. The lowest BCUT2D eigenvalue weighted by Crippen LogP contribution is -2.34. The molecule has 6 heteroatoms. The summed E-state index contributed by atoms with van der Waals surface area (Å²) >= 11 is 7.48. The van der Waals surface area contributed by atoms with Crippen LogP contribution in [0.5, 0.6) is 0 Å². The maximum Gasteiger partial charge on any atom is 0.339 e. The van der Waals surface area contributed by atoms with Crippen LogP contribution in [0, 0.1) is 6.92 Å². The van der Waals surface area contributed by atoms with Gasteiger partial charge in [0.1, 0.15) is 0 Å². The van der Waals surface area contributed by atoms with E-state index in [0.29, 0.717) is 10.1 Å². The summed E-state index contributed by atoms with van der Waals surface area (Å²) in [5.74, 6) is 0. The van der Waals surface area contributed by atoms with E-state index in [1.807, 2.05) is 25.1 Å². The Hall–Kier alpha value is -1.30. The predicted octanol–water partition coefficient (Wildman–Crippen LogP) is 3.69. The molecule has 1 unspecified atom stereocenters. The van der Waals surface area contributed by atoms with Gasteiger partial charge in [0.25, 0.3) is 0 Å². The SMILES string of the molecule is Cc1c(C(C)N(O)C(N)=O)sc2ccc(Cl)cc12. The molecule has 2 rings (SSSR count). The molecule has 2 aromatic rings. The summed E-state index contributed by atoms with van der Waals surface area (Å²) in [6.07, 6.45) is 0. The molecular formula is C12H13ClN2O2S. The van der Waals surface area contributed by atoms with Crippen LogP contribution in [0.4, 0.5) is 4.79 Å². The molecule has 1 aromatic heterocycles. The van der Waals surface area contributed by atoms with E-state index in [1.165, 1.54) is 11.3 Å². The lowest BCUT2D eigenvalue weighted by atomic mass is 10.1. The van der Waals surface area contributed by atoms with Crippen molar-refractivity contribution in [1.82, 2.24) is 5.06 Å². The van der Waals surface area contributed by atoms with Crippen molar-refractivity contribution in [2.75, 3.05) is 0 Å². The van der Waals surface area contributed by atoms with Gasteiger partial charge >= 0.3 is 6.03 Å². The number of carbonyl (C=O) groups excluding carboxylic acids is 1. The number of hydrogen-bond donors (Lipinski definition) is 2. The molecule has 1 atom stereocenters. The number of rotatable bonds is 2. The van der Waals surface area contributed by atoms with Crippen molar-refractivity contribution in [1.29, 1.82) is 0 Å². The standard InChI is InChI=1S/C12H13ClN2O2S/c1-6-9-5-8(13)3-4-10(9)18-11(6)7(2)15(17)12(14)16/h3-5,7,17H,1-2H3,(H2,14,16). The number of carbonyl (C=O) groups is 1. The van der Waals surface area contributed by atoms with Crippen LogP contribution in [0.15, 0.2) is 18.2 Å². The van der Waals surface area contributed by atoms with Crippen molar-refractivity contribution >= 4 is 39.1 Å². The number of urea groups is 1. The zero-order valence-corrected chi connectivity index (χ0v) is 11.5. The number of nitrogens with zero attached hydrogens (tertiary/aromatic N) is 1. The van der Waals surface area contributed by atoms with Crippen LogP contribution in [0.2, 0.25) is 5.02 Å². The van der Waals surface area contributed by atoms with E-state index < -0.39 is 12.1 Å². The van der Waals surface area contributed by atoms with Crippen molar-refractivity contribution < 1.29 is 10.0 Å². The summed E-state index contributed by atoms with van der Waals surface area (Å²) < 4.78 is 1.07. The second-order valence-corrected chi connectivity index (χ2v) is 5.61. The van der Waals surface area contributed by atoms with E-state index in [9.17, 15) is 10.0 Å². The van der Waals surface area contributed by atoms with Crippen molar-refractivity contribution in [2.24, 2.45) is 5.73 Å². The van der Waals surface area contributed by atoms with Gasteiger partial charge in [-0.15, -0.1) is 11.3 Å². The van der Waals surface area contributed by atoms with Crippen LogP contribution < -0.4 is 5.73 Å². The van der Waals surface area contributed by atoms with Crippen molar-refractivity contribution in [3.05, 3.63) is 33.7 Å². The third-order valence-corrected chi connectivity index (χ3v) is 4.59. The Kier molecular flexibility index (Phi) is 3.47. The first-order valence-electron chi connectivity index (χ1n) is 5.38. The monoisotopic (exact) mass is 284 g/mol. The third-order valence-electron chi connectivity index (χ3n) is 2.91. The highest BCUT2D eigenvalue weighted by Gasteiger charge is 2.22. The minimum absolute atomic E-state index is 0.473. The van der Waals surface area contributed by atoms with Gasteiger partial charge in [-0.25, -0.2) is 4.79 Å². The van der Waals surface area contributed by atoms with E-state index in [0.717, 1.165) is 20.5 Å². The fourth-order valence-electron chi connectivity index (χ4n) is 1.91. The molecule has 1 aromatic carbocycles. The second kappa shape index (κ2) is 4.76. The molecule has 1 heterocycles. The van der Waals surface area contributed by atoms with E-state index in [1.54, 1.807) is 6.92 Å². The number of hydroxylamine groups is 2. The summed E-state index contributed by atoms with van der Waals surface area (Å²) in [6.45, 7) is 3.67. The van der Waals surface area contributed by atoms with Crippen molar-refractivity contribution in [3.63, 3.8) is 0 Å². The Balaban J connectivity index is 2.52. The highest BCUT2D eigenvalue weighted by Crippen LogP contribution is 2.37. The summed E-state index contributed by atoms with van der Waals surface area (Å²) in [6, 6.07) is 4.29. The minimum atomic E-state index is -0.864. The second-order valence-electron chi connectivity index (χ2n) is 4.09. The van der Waals surface area contributed by atoms with Crippen LogP contribution >= 0.6 is 22.9 Å². The van der Waals surface area contributed by atoms with Gasteiger partial charge in [-0.05, 0) is 43.0 Å². The van der Waals surface area contributed by atoms with Gasteiger partial charge < -0.3 is 5.73 Å². The van der Waals surface area contributed by atoms with Crippen molar-refractivity contribution in [2.45, 2.75) is 19.9 Å². The topological polar surface area (TPSA) is 66.6 Å². The molecule has 0 aliphatic carbocycles. The quantitative estimate of drug-likeness (QED) is 0.652. The first-order valence-corrected chi connectivity index (χ1v) is 6.57. The molecule has 4 nitrogen and oxygen atoms in total. The van der Waals surface area contributed by atoms with E-state index in [-0.39, 0.29) is 0 Å². The maximum absolute atomic E-state index is 11.0. The molecule has 0 spiro atoms. The zero-order chi connectivity index (χ0) is 13.4. The molecule has 0 bridgehead atoms. The van der Waals surface area contributed by atoms with Gasteiger partial charge in [-0.3, -0.25) is 5.21 Å².